The van der Waals surface area contributed by atoms with Crippen LogP contribution in [0.3, 0.4) is 0 Å². The molecule has 0 amide bonds. The molecule has 1 unspecified atom stereocenters. The monoisotopic (exact) mass is 340 g/mol. The van der Waals surface area contributed by atoms with E-state index in [1.54, 1.807) is 21.2 Å². The Hall–Kier alpha value is -1.11. The molecule has 1 heterocycles. The van der Waals surface area contributed by atoms with Crippen molar-refractivity contribution in [1.82, 2.24) is 9.21 Å². The van der Waals surface area contributed by atoms with Gasteiger partial charge in [-0.3, -0.25) is 0 Å². The summed E-state index contributed by atoms with van der Waals surface area (Å²) in [6.45, 7) is 3.00. The average Bonchev–Trinajstić information content (AvgIpc) is 2.95. The summed E-state index contributed by atoms with van der Waals surface area (Å²) in [5.74, 6) is 1.79. The number of benzene rings is 1. The number of rotatable bonds is 8. The highest BCUT2D eigenvalue weighted by Gasteiger charge is 2.23. The zero-order valence-corrected chi connectivity index (χ0v) is 15.2. The molecule has 2 rings (SSSR count). The molecule has 0 radical (unpaired) electrons. The van der Waals surface area contributed by atoms with Crippen LogP contribution in [0.15, 0.2) is 24.3 Å². The van der Waals surface area contributed by atoms with E-state index < -0.39 is 10.0 Å². The van der Waals surface area contributed by atoms with Gasteiger partial charge in [0.25, 0.3) is 0 Å². The van der Waals surface area contributed by atoms with Crippen LogP contribution in [0.4, 0.5) is 0 Å². The lowest BCUT2D eigenvalue weighted by Crippen LogP contribution is -2.28. The van der Waals surface area contributed by atoms with Crippen LogP contribution in [-0.2, 0) is 16.4 Å². The van der Waals surface area contributed by atoms with E-state index in [0.717, 1.165) is 31.8 Å². The summed E-state index contributed by atoms with van der Waals surface area (Å²) in [5, 5.41) is 0. The molecule has 0 bridgehead atoms. The van der Waals surface area contributed by atoms with Crippen molar-refractivity contribution in [3.05, 3.63) is 29.8 Å². The van der Waals surface area contributed by atoms with Crippen LogP contribution in [0, 0.1) is 5.92 Å². The Labute approximate surface area is 140 Å². The standard InChI is InChI=1S/C17H28N2O3S/c1-18(2)23(20,21)12-4-10-19-11-9-16(14-19)13-15-5-7-17(22-3)8-6-15/h5-8,16H,4,9-14H2,1-3H3. The topological polar surface area (TPSA) is 49.9 Å². The SMILES string of the molecule is COc1ccc(CC2CCN(CCCS(=O)(=O)N(C)C)C2)cc1. The number of likely N-dealkylation sites (tertiary alicyclic amines) is 1. The van der Waals surface area contributed by atoms with E-state index in [2.05, 4.69) is 17.0 Å². The first-order valence-electron chi connectivity index (χ1n) is 8.16. The predicted molar refractivity (Wildman–Crippen MR) is 93.3 cm³/mol. The maximum Gasteiger partial charge on any atom is 0.213 e. The zero-order chi connectivity index (χ0) is 16.9. The van der Waals surface area contributed by atoms with Gasteiger partial charge in [0, 0.05) is 20.6 Å². The lowest BCUT2D eigenvalue weighted by atomic mass is 9.99. The van der Waals surface area contributed by atoms with Gasteiger partial charge in [0.15, 0.2) is 0 Å². The molecule has 1 aliphatic rings. The van der Waals surface area contributed by atoms with Crippen molar-refractivity contribution < 1.29 is 13.2 Å². The Kier molecular flexibility index (Phi) is 6.44. The molecule has 1 fully saturated rings. The third-order valence-electron chi connectivity index (χ3n) is 4.49. The van der Waals surface area contributed by atoms with E-state index in [9.17, 15) is 8.42 Å². The molecular weight excluding hydrogens is 312 g/mol. The van der Waals surface area contributed by atoms with Gasteiger partial charge in [-0.15, -0.1) is 0 Å². The van der Waals surface area contributed by atoms with Crippen LogP contribution in [0.5, 0.6) is 5.75 Å². The van der Waals surface area contributed by atoms with Crippen molar-refractivity contribution >= 4 is 10.0 Å². The molecule has 1 aromatic carbocycles. The summed E-state index contributed by atoms with van der Waals surface area (Å²) in [7, 11) is 1.80. The van der Waals surface area contributed by atoms with Gasteiger partial charge >= 0.3 is 0 Å². The van der Waals surface area contributed by atoms with Crippen LogP contribution >= 0.6 is 0 Å². The molecule has 0 N–H and O–H groups in total. The van der Waals surface area contributed by atoms with Crippen molar-refractivity contribution in [2.24, 2.45) is 5.92 Å². The Morgan fingerprint density at radius 3 is 2.57 bits per heavy atom. The number of ether oxygens (including phenoxy) is 1. The Morgan fingerprint density at radius 1 is 1.26 bits per heavy atom. The first-order chi connectivity index (χ1) is 10.9. The summed E-state index contributed by atoms with van der Waals surface area (Å²) < 4.78 is 30.0. The van der Waals surface area contributed by atoms with Gasteiger partial charge in [-0.25, -0.2) is 12.7 Å². The van der Waals surface area contributed by atoms with Crippen molar-refractivity contribution in [2.45, 2.75) is 19.3 Å². The van der Waals surface area contributed by atoms with Crippen LogP contribution in [0.25, 0.3) is 0 Å². The maximum absolute atomic E-state index is 11.8. The third-order valence-corrected chi connectivity index (χ3v) is 6.40. The van der Waals surface area contributed by atoms with Crippen LogP contribution < -0.4 is 4.74 Å². The molecule has 0 aliphatic carbocycles. The largest absolute Gasteiger partial charge is 0.497 e. The normalized spacial score (nSPS) is 19.4. The molecule has 0 aromatic heterocycles. The first-order valence-corrected chi connectivity index (χ1v) is 9.77. The van der Waals surface area contributed by atoms with Gasteiger partial charge in [-0.1, -0.05) is 12.1 Å². The fourth-order valence-electron chi connectivity index (χ4n) is 3.03. The van der Waals surface area contributed by atoms with Gasteiger partial charge < -0.3 is 9.64 Å². The molecule has 1 atom stereocenters. The molecule has 1 aromatic rings. The molecular formula is C17H28N2O3S. The van der Waals surface area contributed by atoms with Gasteiger partial charge in [0.1, 0.15) is 5.75 Å². The molecule has 23 heavy (non-hydrogen) atoms. The van der Waals surface area contributed by atoms with Crippen molar-refractivity contribution in [3.8, 4) is 5.75 Å². The zero-order valence-electron chi connectivity index (χ0n) is 14.4. The van der Waals surface area contributed by atoms with Crippen molar-refractivity contribution in [3.63, 3.8) is 0 Å². The van der Waals surface area contributed by atoms with Gasteiger partial charge in [0.05, 0.1) is 12.9 Å². The first kappa shape index (κ1) is 18.2. The van der Waals surface area contributed by atoms with E-state index in [1.807, 2.05) is 12.1 Å². The molecule has 130 valence electrons. The number of nitrogens with zero attached hydrogens (tertiary/aromatic N) is 2. The number of hydrogen-bond acceptors (Lipinski definition) is 4. The maximum atomic E-state index is 11.8. The highest BCUT2D eigenvalue weighted by molar-refractivity contribution is 7.89. The fraction of sp³-hybridized carbons (Fsp3) is 0.647. The van der Waals surface area contributed by atoms with E-state index in [4.69, 9.17) is 4.74 Å². The number of methoxy groups -OCH3 is 1. The number of hydrogen-bond donors (Lipinski definition) is 0. The summed E-state index contributed by atoms with van der Waals surface area (Å²) in [5.41, 5.74) is 1.34. The van der Waals surface area contributed by atoms with Crippen molar-refractivity contribution in [2.75, 3.05) is 46.6 Å². The van der Waals surface area contributed by atoms with E-state index >= 15 is 0 Å². The minimum absolute atomic E-state index is 0.236. The van der Waals surface area contributed by atoms with Crippen LogP contribution in [0.2, 0.25) is 0 Å². The minimum atomic E-state index is -3.06. The Morgan fingerprint density at radius 2 is 1.96 bits per heavy atom. The smallest absolute Gasteiger partial charge is 0.213 e. The molecule has 6 heteroatoms. The highest BCUT2D eigenvalue weighted by atomic mass is 32.2. The van der Waals surface area contributed by atoms with Crippen LogP contribution in [-0.4, -0.2) is 64.2 Å². The lowest BCUT2D eigenvalue weighted by molar-refractivity contribution is 0.324. The highest BCUT2D eigenvalue weighted by Crippen LogP contribution is 2.22. The van der Waals surface area contributed by atoms with Crippen molar-refractivity contribution in [1.29, 1.82) is 0 Å². The molecule has 5 nitrogen and oxygen atoms in total. The fourth-order valence-corrected chi connectivity index (χ4v) is 3.89. The van der Waals surface area contributed by atoms with Gasteiger partial charge in [-0.2, -0.15) is 0 Å². The Bertz CT molecular complexity index is 584. The second-order valence-electron chi connectivity index (χ2n) is 6.46. The molecule has 1 aliphatic heterocycles. The third kappa shape index (κ3) is 5.48. The molecule has 0 saturated carbocycles. The summed E-state index contributed by atoms with van der Waals surface area (Å²) >= 11 is 0. The average molecular weight is 340 g/mol. The van der Waals surface area contributed by atoms with Crippen LogP contribution in [0.1, 0.15) is 18.4 Å². The number of sulfonamides is 1. The second-order valence-corrected chi connectivity index (χ2v) is 8.76. The van der Waals surface area contributed by atoms with E-state index in [-0.39, 0.29) is 5.75 Å². The second kappa shape index (κ2) is 8.13. The Balaban J connectivity index is 1.73. The summed E-state index contributed by atoms with van der Waals surface area (Å²) in [6.07, 6.45) is 2.97. The predicted octanol–water partition coefficient (Wildman–Crippen LogP) is 1.84. The quantitative estimate of drug-likeness (QED) is 0.725. The van der Waals surface area contributed by atoms with Gasteiger partial charge in [0.2, 0.25) is 10.0 Å². The molecule has 0 spiro atoms. The van der Waals surface area contributed by atoms with E-state index in [1.165, 1.54) is 16.3 Å². The molecule has 1 saturated heterocycles. The van der Waals surface area contributed by atoms with Gasteiger partial charge in [-0.05, 0) is 56.0 Å². The lowest BCUT2D eigenvalue weighted by Gasteiger charge is -2.17. The minimum Gasteiger partial charge on any atom is -0.497 e. The summed E-state index contributed by atoms with van der Waals surface area (Å²) in [6, 6.07) is 8.28. The van der Waals surface area contributed by atoms with E-state index in [0.29, 0.717) is 12.3 Å². The summed E-state index contributed by atoms with van der Waals surface area (Å²) in [4.78, 5) is 2.39.